The fourth-order valence-corrected chi connectivity index (χ4v) is 3.02. The molecule has 4 aromatic rings. The zero-order valence-electron chi connectivity index (χ0n) is 15.4. The molecule has 29 heavy (non-hydrogen) atoms. The van der Waals surface area contributed by atoms with Gasteiger partial charge in [0.05, 0.1) is 18.7 Å². The van der Waals surface area contributed by atoms with E-state index in [0.717, 1.165) is 0 Å². The SMILES string of the molecule is Cc1nc(-c2cn3ccnc3c(Cc3ccccc3F)n2)nn1CCC(F)(F)F. The first-order chi connectivity index (χ1) is 13.8. The quantitative estimate of drug-likeness (QED) is 0.472. The Morgan fingerprint density at radius 3 is 2.66 bits per heavy atom. The first-order valence-corrected chi connectivity index (χ1v) is 8.85. The number of imidazole rings is 1. The van der Waals surface area contributed by atoms with E-state index >= 15 is 0 Å². The second-order valence-electron chi connectivity index (χ2n) is 6.57. The monoisotopic (exact) mass is 404 g/mol. The normalized spacial score (nSPS) is 12.0. The van der Waals surface area contributed by atoms with Gasteiger partial charge in [0.25, 0.3) is 0 Å². The number of rotatable bonds is 5. The number of hydrogen-bond donors (Lipinski definition) is 0. The average Bonchev–Trinajstić information content (AvgIpc) is 3.27. The van der Waals surface area contributed by atoms with E-state index < -0.39 is 12.6 Å². The Kier molecular flexibility index (Phi) is 4.77. The molecular weight excluding hydrogens is 388 g/mol. The van der Waals surface area contributed by atoms with E-state index in [9.17, 15) is 17.6 Å². The molecule has 0 saturated carbocycles. The molecule has 0 N–H and O–H groups in total. The number of alkyl halides is 3. The largest absolute Gasteiger partial charge is 0.390 e. The van der Waals surface area contributed by atoms with Gasteiger partial charge in [-0.3, -0.25) is 0 Å². The van der Waals surface area contributed by atoms with Gasteiger partial charge >= 0.3 is 6.18 Å². The maximum absolute atomic E-state index is 14.1. The number of hydrogen-bond acceptors (Lipinski definition) is 4. The van der Waals surface area contributed by atoms with Crippen LogP contribution in [0.25, 0.3) is 17.2 Å². The van der Waals surface area contributed by atoms with Crippen LogP contribution in [0.15, 0.2) is 42.9 Å². The topological polar surface area (TPSA) is 60.9 Å². The number of aromatic nitrogens is 6. The molecule has 0 fully saturated rings. The van der Waals surface area contributed by atoms with Gasteiger partial charge in [-0.25, -0.2) is 24.0 Å². The summed E-state index contributed by atoms with van der Waals surface area (Å²) in [7, 11) is 0. The Hall–Kier alpha value is -3.30. The van der Waals surface area contributed by atoms with Crippen molar-refractivity contribution < 1.29 is 17.6 Å². The maximum atomic E-state index is 14.1. The van der Waals surface area contributed by atoms with Gasteiger partial charge < -0.3 is 4.40 Å². The van der Waals surface area contributed by atoms with E-state index in [0.29, 0.717) is 28.4 Å². The number of benzene rings is 1. The lowest BCUT2D eigenvalue weighted by atomic mass is 10.1. The minimum absolute atomic E-state index is 0.203. The molecule has 0 bridgehead atoms. The summed E-state index contributed by atoms with van der Waals surface area (Å²) in [6.45, 7) is 1.26. The molecule has 0 unspecified atom stereocenters. The van der Waals surface area contributed by atoms with E-state index in [4.69, 9.17) is 0 Å². The van der Waals surface area contributed by atoms with Crippen LogP contribution in [-0.4, -0.2) is 35.3 Å². The number of aryl methyl sites for hydroxylation is 2. The lowest BCUT2D eigenvalue weighted by molar-refractivity contribution is -0.137. The van der Waals surface area contributed by atoms with Gasteiger partial charge in [-0.05, 0) is 18.6 Å². The summed E-state index contributed by atoms with van der Waals surface area (Å²) in [6.07, 6.45) is -0.126. The van der Waals surface area contributed by atoms with Crippen LogP contribution in [0, 0.1) is 12.7 Å². The van der Waals surface area contributed by atoms with Crippen molar-refractivity contribution in [2.45, 2.75) is 32.5 Å². The molecule has 0 radical (unpaired) electrons. The van der Waals surface area contributed by atoms with E-state index in [1.165, 1.54) is 10.7 Å². The fourth-order valence-electron chi connectivity index (χ4n) is 3.02. The Morgan fingerprint density at radius 1 is 1.10 bits per heavy atom. The van der Waals surface area contributed by atoms with Crippen LogP contribution in [-0.2, 0) is 13.0 Å². The van der Waals surface area contributed by atoms with E-state index in [2.05, 4.69) is 20.1 Å². The van der Waals surface area contributed by atoms with Crippen LogP contribution in [0.5, 0.6) is 0 Å². The first kappa shape index (κ1) is 19.0. The number of fused-ring (bicyclic) bond motifs is 1. The lowest BCUT2D eigenvalue weighted by Gasteiger charge is -2.07. The number of halogens is 4. The lowest BCUT2D eigenvalue weighted by Crippen LogP contribution is -2.14. The molecule has 1 aromatic carbocycles. The first-order valence-electron chi connectivity index (χ1n) is 8.85. The third kappa shape index (κ3) is 4.10. The van der Waals surface area contributed by atoms with Crippen molar-refractivity contribution in [2.75, 3.05) is 0 Å². The van der Waals surface area contributed by atoms with Crippen LogP contribution >= 0.6 is 0 Å². The van der Waals surface area contributed by atoms with Crippen LogP contribution in [0.1, 0.15) is 23.5 Å². The molecule has 0 saturated heterocycles. The van der Waals surface area contributed by atoms with Gasteiger partial charge in [0.2, 0.25) is 5.82 Å². The summed E-state index contributed by atoms with van der Waals surface area (Å²) < 4.78 is 54.6. The average molecular weight is 404 g/mol. The van der Waals surface area contributed by atoms with Crippen molar-refractivity contribution in [3.8, 4) is 11.5 Å². The zero-order valence-corrected chi connectivity index (χ0v) is 15.4. The van der Waals surface area contributed by atoms with Crippen molar-refractivity contribution in [3.05, 3.63) is 65.8 Å². The fraction of sp³-hybridized carbons (Fsp3) is 0.263. The molecule has 3 heterocycles. The van der Waals surface area contributed by atoms with Gasteiger partial charge in [0, 0.05) is 25.0 Å². The molecule has 4 rings (SSSR count). The molecule has 0 spiro atoms. The second kappa shape index (κ2) is 7.26. The van der Waals surface area contributed by atoms with Crippen molar-refractivity contribution in [1.82, 2.24) is 29.1 Å². The minimum atomic E-state index is -4.28. The molecular formula is C19H16F4N6. The highest BCUT2D eigenvalue weighted by Crippen LogP contribution is 2.23. The summed E-state index contributed by atoms with van der Waals surface area (Å²) in [5, 5.41) is 4.18. The maximum Gasteiger partial charge on any atom is 0.390 e. The van der Waals surface area contributed by atoms with Gasteiger partial charge in [0.1, 0.15) is 17.3 Å². The molecule has 10 heteroatoms. The third-order valence-corrected chi connectivity index (χ3v) is 4.45. The molecule has 0 aliphatic heterocycles. The third-order valence-electron chi connectivity index (χ3n) is 4.45. The molecule has 0 amide bonds. The van der Waals surface area contributed by atoms with Crippen LogP contribution in [0.2, 0.25) is 0 Å². The van der Waals surface area contributed by atoms with Crippen LogP contribution < -0.4 is 0 Å². The summed E-state index contributed by atoms with van der Waals surface area (Å²) in [4.78, 5) is 13.1. The predicted molar refractivity (Wildman–Crippen MR) is 96.6 cm³/mol. The standard InChI is InChI=1S/C19H16F4N6/c1-12-25-17(27-29(12)8-6-19(21,22)23)16-11-28-9-7-24-18(28)15(26-16)10-13-4-2-3-5-14(13)20/h2-5,7,9,11H,6,8,10H2,1H3. The van der Waals surface area contributed by atoms with Crippen molar-refractivity contribution in [3.63, 3.8) is 0 Å². The summed E-state index contributed by atoms with van der Waals surface area (Å²) in [5.74, 6) is 0.206. The highest BCUT2D eigenvalue weighted by atomic mass is 19.4. The predicted octanol–water partition coefficient (Wildman–Crippen LogP) is 3.98. The van der Waals surface area contributed by atoms with Gasteiger partial charge in [-0.1, -0.05) is 18.2 Å². The van der Waals surface area contributed by atoms with Crippen LogP contribution in [0.3, 0.4) is 0 Å². The highest BCUT2D eigenvalue weighted by molar-refractivity contribution is 5.55. The van der Waals surface area contributed by atoms with E-state index in [-0.39, 0.29) is 24.6 Å². The Balaban J connectivity index is 1.71. The van der Waals surface area contributed by atoms with Crippen molar-refractivity contribution in [1.29, 1.82) is 0 Å². The molecule has 6 nitrogen and oxygen atoms in total. The highest BCUT2D eigenvalue weighted by Gasteiger charge is 2.27. The van der Waals surface area contributed by atoms with Gasteiger partial charge in [0.15, 0.2) is 5.65 Å². The molecule has 3 aromatic heterocycles. The van der Waals surface area contributed by atoms with Gasteiger partial charge in [-0.15, -0.1) is 5.10 Å². The Labute approximate surface area is 162 Å². The molecule has 0 aliphatic rings. The second-order valence-corrected chi connectivity index (χ2v) is 6.57. The molecule has 0 aliphatic carbocycles. The Bertz CT molecular complexity index is 1160. The van der Waals surface area contributed by atoms with Crippen LogP contribution in [0.4, 0.5) is 17.6 Å². The van der Waals surface area contributed by atoms with Crippen molar-refractivity contribution >= 4 is 5.65 Å². The zero-order chi connectivity index (χ0) is 20.6. The summed E-state index contributed by atoms with van der Waals surface area (Å²) in [5.41, 5.74) is 1.91. The molecule has 150 valence electrons. The minimum Gasteiger partial charge on any atom is -0.303 e. The summed E-state index contributed by atoms with van der Waals surface area (Å²) >= 11 is 0. The van der Waals surface area contributed by atoms with E-state index in [1.54, 1.807) is 48.1 Å². The Morgan fingerprint density at radius 2 is 1.90 bits per heavy atom. The summed E-state index contributed by atoms with van der Waals surface area (Å²) in [6, 6.07) is 6.37. The van der Waals surface area contributed by atoms with E-state index in [1.807, 2.05) is 0 Å². The van der Waals surface area contributed by atoms with Crippen molar-refractivity contribution in [2.24, 2.45) is 0 Å². The molecule has 0 atom stereocenters. The number of nitrogens with zero attached hydrogens (tertiary/aromatic N) is 6. The smallest absolute Gasteiger partial charge is 0.303 e. The van der Waals surface area contributed by atoms with Gasteiger partial charge in [-0.2, -0.15) is 13.2 Å².